The van der Waals surface area contributed by atoms with Crippen LogP contribution in [0.15, 0.2) is 24.3 Å². The third-order valence-corrected chi connectivity index (χ3v) is 6.60. The summed E-state index contributed by atoms with van der Waals surface area (Å²) in [5.74, 6) is 0.810. The Balaban J connectivity index is 1.29. The largest absolute Gasteiger partial charge is 0.379 e. The van der Waals surface area contributed by atoms with Gasteiger partial charge in [-0.2, -0.15) is 0 Å². The average molecular weight is 387 g/mol. The summed E-state index contributed by atoms with van der Waals surface area (Å²) in [6.07, 6.45) is 3.80. The topological polar surface area (TPSA) is 56.8 Å². The lowest BCUT2D eigenvalue weighted by molar-refractivity contribution is 0.0524. The second-order valence-corrected chi connectivity index (χ2v) is 8.51. The maximum atomic E-state index is 12.7. The van der Waals surface area contributed by atoms with Crippen LogP contribution in [0.1, 0.15) is 35.2 Å². The zero-order chi connectivity index (χ0) is 19.3. The van der Waals surface area contributed by atoms with Gasteiger partial charge < -0.3 is 25.2 Å². The fourth-order valence-corrected chi connectivity index (χ4v) is 4.79. The molecule has 4 rings (SSSR count). The normalized spacial score (nSPS) is 29.2. The minimum absolute atomic E-state index is 0.159. The van der Waals surface area contributed by atoms with Crippen LogP contribution in [0.2, 0.25) is 0 Å². The van der Waals surface area contributed by atoms with Crippen LogP contribution in [-0.4, -0.2) is 80.8 Å². The average Bonchev–Trinajstić information content (AvgIpc) is 3.22. The highest BCUT2D eigenvalue weighted by molar-refractivity contribution is 5.94. The Kier molecular flexibility index (Phi) is 6.62. The van der Waals surface area contributed by atoms with E-state index in [9.17, 15) is 4.79 Å². The van der Waals surface area contributed by atoms with Gasteiger partial charge in [-0.15, -0.1) is 0 Å². The molecular formula is C22H34N4O2. The number of ether oxygens (including phenoxy) is 1. The molecule has 28 heavy (non-hydrogen) atoms. The van der Waals surface area contributed by atoms with E-state index < -0.39 is 0 Å². The highest BCUT2D eigenvalue weighted by Crippen LogP contribution is 2.29. The second-order valence-electron chi connectivity index (χ2n) is 8.51. The summed E-state index contributed by atoms with van der Waals surface area (Å²) in [4.78, 5) is 16.9. The van der Waals surface area contributed by atoms with Crippen LogP contribution in [0.5, 0.6) is 0 Å². The lowest BCUT2D eigenvalue weighted by Gasteiger charge is -2.33. The molecule has 0 bridgehead atoms. The van der Waals surface area contributed by atoms with Gasteiger partial charge in [-0.25, -0.2) is 0 Å². The molecule has 3 unspecified atom stereocenters. The summed E-state index contributed by atoms with van der Waals surface area (Å²) in [5.41, 5.74) is 2.05. The second kappa shape index (κ2) is 9.35. The van der Waals surface area contributed by atoms with Gasteiger partial charge in [0.2, 0.25) is 0 Å². The van der Waals surface area contributed by atoms with Gasteiger partial charge in [0.05, 0.1) is 13.2 Å². The molecule has 2 aliphatic heterocycles. The van der Waals surface area contributed by atoms with Crippen LogP contribution < -0.4 is 10.6 Å². The van der Waals surface area contributed by atoms with Gasteiger partial charge >= 0.3 is 0 Å². The maximum absolute atomic E-state index is 12.7. The molecule has 3 aliphatic rings. The third kappa shape index (κ3) is 4.74. The van der Waals surface area contributed by atoms with Crippen molar-refractivity contribution in [1.82, 2.24) is 20.4 Å². The van der Waals surface area contributed by atoms with Gasteiger partial charge in [-0.05, 0) is 43.5 Å². The summed E-state index contributed by atoms with van der Waals surface area (Å²) in [6, 6.07) is 9.20. The van der Waals surface area contributed by atoms with E-state index in [-0.39, 0.29) is 5.91 Å². The van der Waals surface area contributed by atoms with Gasteiger partial charge in [-0.1, -0.05) is 18.6 Å². The first-order valence-electron chi connectivity index (χ1n) is 10.8. The Morgan fingerprint density at radius 3 is 2.68 bits per heavy atom. The molecule has 2 heterocycles. The summed E-state index contributed by atoms with van der Waals surface area (Å²) in [6.45, 7) is 7.05. The molecule has 0 spiro atoms. The number of piperazine rings is 1. The fraction of sp³-hybridized carbons (Fsp3) is 0.682. The fourth-order valence-electron chi connectivity index (χ4n) is 4.79. The molecule has 6 nitrogen and oxygen atoms in total. The van der Waals surface area contributed by atoms with Gasteiger partial charge in [0.1, 0.15) is 0 Å². The molecule has 154 valence electrons. The van der Waals surface area contributed by atoms with Crippen LogP contribution in [0.4, 0.5) is 0 Å². The number of morpholine rings is 1. The molecular weight excluding hydrogens is 352 g/mol. The first-order chi connectivity index (χ1) is 13.7. The Bertz CT molecular complexity index is 636. The van der Waals surface area contributed by atoms with Crippen molar-refractivity contribution in [3.8, 4) is 0 Å². The number of amides is 1. The van der Waals surface area contributed by atoms with Crippen molar-refractivity contribution in [2.75, 3.05) is 53.0 Å². The van der Waals surface area contributed by atoms with E-state index in [1.807, 2.05) is 17.0 Å². The number of hydrogen-bond acceptors (Lipinski definition) is 5. The van der Waals surface area contributed by atoms with E-state index in [1.54, 1.807) is 0 Å². The molecule has 0 aromatic heterocycles. The van der Waals surface area contributed by atoms with Gasteiger partial charge in [0.15, 0.2) is 0 Å². The molecule has 3 fully saturated rings. The van der Waals surface area contributed by atoms with Crippen LogP contribution in [0.25, 0.3) is 0 Å². The highest BCUT2D eigenvalue weighted by atomic mass is 16.5. The smallest absolute Gasteiger partial charge is 0.253 e. The van der Waals surface area contributed by atoms with Crippen LogP contribution in [-0.2, 0) is 11.3 Å². The monoisotopic (exact) mass is 386 g/mol. The predicted molar refractivity (Wildman–Crippen MR) is 110 cm³/mol. The molecule has 0 radical (unpaired) electrons. The predicted octanol–water partition coefficient (Wildman–Crippen LogP) is 1.32. The minimum Gasteiger partial charge on any atom is -0.379 e. The van der Waals surface area contributed by atoms with E-state index in [0.717, 1.165) is 58.0 Å². The maximum Gasteiger partial charge on any atom is 0.253 e. The standard InChI is InChI=1S/C22H34N4O2/c1-25-10-12-26(13-11-25)22(27)18-7-5-17(6-8-18)15-24-20-4-2-3-19(20)21-16-28-14-9-23-21/h5-8,19-21,23-24H,2-4,9-16H2,1H3. The minimum atomic E-state index is 0.159. The van der Waals surface area contributed by atoms with Crippen LogP contribution in [0, 0.1) is 5.92 Å². The summed E-state index contributed by atoms with van der Waals surface area (Å²) < 4.78 is 5.67. The lowest BCUT2D eigenvalue weighted by atomic mass is 9.94. The quantitative estimate of drug-likeness (QED) is 0.799. The van der Waals surface area contributed by atoms with E-state index in [1.165, 1.54) is 24.8 Å². The summed E-state index contributed by atoms with van der Waals surface area (Å²) >= 11 is 0. The van der Waals surface area contributed by atoms with Crippen LogP contribution >= 0.6 is 0 Å². The molecule has 1 aliphatic carbocycles. The molecule has 3 atom stereocenters. The molecule has 6 heteroatoms. The summed E-state index contributed by atoms with van der Waals surface area (Å²) in [7, 11) is 2.11. The Morgan fingerprint density at radius 2 is 1.96 bits per heavy atom. The van der Waals surface area contributed by atoms with Crippen molar-refractivity contribution in [2.24, 2.45) is 5.92 Å². The van der Waals surface area contributed by atoms with Crippen molar-refractivity contribution in [2.45, 2.75) is 37.9 Å². The first kappa shape index (κ1) is 19.8. The summed E-state index contributed by atoms with van der Waals surface area (Å²) in [5, 5.41) is 7.40. The van der Waals surface area contributed by atoms with Gasteiger partial charge in [0.25, 0.3) is 5.91 Å². The van der Waals surface area contributed by atoms with Crippen molar-refractivity contribution in [3.05, 3.63) is 35.4 Å². The molecule has 1 saturated carbocycles. The van der Waals surface area contributed by atoms with E-state index in [0.29, 0.717) is 18.0 Å². The van der Waals surface area contributed by atoms with E-state index in [4.69, 9.17) is 4.74 Å². The Labute approximate surface area is 168 Å². The van der Waals surface area contributed by atoms with Crippen molar-refractivity contribution < 1.29 is 9.53 Å². The number of carbonyl (C=O) groups excluding carboxylic acids is 1. The number of likely N-dealkylation sites (N-methyl/N-ethyl adjacent to an activating group) is 1. The third-order valence-electron chi connectivity index (χ3n) is 6.60. The van der Waals surface area contributed by atoms with Gasteiger partial charge in [0, 0.05) is 56.9 Å². The number of benzene rings is 1. The van der Waals surface area contributed by atoms with Crippen molar-refractivity contribution in [3.63, 3.8) is 0 Å². The van der Waals surface area contributed by atoms with Crippen molar-refractivity contribution >= 4 is 5.91 Å². The number of carbonyl (C=O) groups is 1. The van der Waals surface area contributed by atoms with Gasteiger partial charge in [-0.3, -0.25) is 4.79 Å². The SMILES string of the molecule is CN1CCN(C(=O)c2ccc(CNC3CCCC3C3COCCN3)cc2)CC1. The molecule has 1 aromatic rings. The number of rotatable bonds is 5. The number of nitrogens with one attached hydrogen (secondary N) is 2. The van der Waals surface area contributed by atoms with E-state index in [2.05, 4.69) is 34.7 Å². The van der Waals surface area contributed by atoms with E-state index >= 15 is 0 Å². The Morgan fingerprint density at radius 1 is 1.18 bits per heavy atom. The number of hydrogen-bond donors (Lipinski definition) is 2. The molecule has 2 N–H and O–H groups in total. The van der Waals surface area contributed by atoms with Crippen LogP contribution in [0.3, 0.4) is 0 Å². The molecule has 1 amide bonds. The zero-order valence-corrected chi connectivity index (χ0v) is 17.0. The molecule has 2 saturated heterocycles. The number of nitrogens with zero attached hydrogens (tertiary/aromatic N) is 2. The zero-order valence-electron chi connectivity index (χ0n) is 17.0. The highest BCUT2D eigenvalue weighted by Gasteiger charge is 2.34. The molecule has 1 aromatic carbocycles. The van der Waals surface area contributed by atoms with Crippen molar-refractivity contribution in [1.29, 1.82) is 0 Å². The Hall–Kier alpha value is -1.47. The lowest BCUT2D eigenvalue weighted by Crippen LogP contribution is -2.50. The first-order valence-corrected chi connectivity index (χ1v) is 10.8.